The standard InChI is InChI=1S/C36H42N2O6/c1-39-31-19-29(20-32(40-2)35(31)43-5)27-11-7-25(8-12-27)23-37-15-17-38(18-16-37)24-26-9-13-28(14-10-26)30-21-33(41-3)36(44-6)34(22-30)42-4/h7-14,19-22H,15-18,23-24H2,1-6H3. The van der Waals surface area contributed by atoms with Crippen LogP contribution in [-0.4, -0.2) is 78.6 Å². The van der Waals surface area contributed by atoms with Crippen LogP contribution in [0.1, 0.15) is 11.1 Å². The molecule has 0 saturated carbocycles. The van der Waals surface area contributed by atoms with Crippen molar-refractivity contribution in [3.8, 4) is 56.8 Å². The number of nitrogens with zero attached hydrogens (tertiary/aromatic N) is 2. The van der Waals surface area contributed by atoms with Crippen LogP contribution in [0.3, 0.4) is 0 Å². The highest BCUT2D eigenvalue weighted by Crippen LogP contribution is 2.42. The first kappa shape index (κ1) is 31.0. The van der Waals surface area contributed by atoms with Gasteiger partial charge in [0.2, 0.25) is 11.5 Å². The van der Waals surface area contributed by atoms with Gasteiger partial charge in [-0.15, -0.1) is 0 Å². The second-order valence-corrected chi connectivity index (χ2v) is 10.8. The number of rotatable bonds is 12. The summed E-state index contributed by atoms with van der Waals surface area (Å²) < 4.78 is 33.0. The van der Waals surface area contributed by atoms with E-state index in [1.54, 1.807) is 42.7 Å². The lowest BCUT2D eigenvalue weighted by atomic mass is 10.0. The molecule has 1 heterocycles. The number of ether oxygens (including phenoxy) is 6. The van der Waals surface area contributed by atoms with Crippen molar-refractivity contribution in [3.63, 3.8) is 0 Å². The molecule has 44 heavy (non-hydrogen) atoms. The molecule has 5 rings (SSSR count). The van der Waals surface area contributed by atoms with Crippen molar-refractivity contribution in [2.75, 3.05) is 68.8 Å². The van der Waals surface area contributed by atoms with Crippen LogP contribution in [0.15, 0.2) is 72.8 Å². The largest absolute Gasteiger partial charge is 0.493 e. The molecule has 1 saturated heterocycles. The Morgan fingerprint density at radius 2 is 0.705 bits per heavy atom. The average molecular weight is 599 g/mol. The normalized spacial score (nSPS) is 13.8. The molecule has 0 aliphatic carbocycles. The molecule has 0 radical (unpaired) electrons. The first-order valence-electron chi connectivity index (χ1n) is 14.7. The zero-order chi connectivity index (χ0) is 31.1. The Balaban J connectivity index is 1.15. The number of hydrogen-bond donors (Lipinski definition) is 0. The third-order valence-electron chi connectivity index (χ3n) is 8.18. The Labute approximate surface area is 260 Å². The topological polar surface area (TPSA) is 61.9 Å². The number of hydrogen-bond acceptors (Lipinski definition) is 8. The molecule has 0 spiro atoms. The van der Waals surface area contributed by atoms with Crippen LogP contribution in [0.2, 0.25) is 0 Å². The summed E-state index contributed by atoms with van der Waals surface area (Å²) in [5.41, 5.74) is 6.87. The average Bonchev–Trinajstić information content (AvgIpc) is 3.08. The van der Waals surface area contributed by atoms with E-state index < -0.39 is 0 Å². The second kappa shape index (κ2) is 14.4. The van der Waals surface area contributed by atoms with Gasteiger partial charge < -0.3 is 28.4 Å². The summed E-state index contributed by atoms with van der Waals surface area (Å²) in [6.07, 6.45) is 0. The molecular formula is C36H42N2O6. The molecule has 8 nitrogen and oxygen atoms in total. The lowest BCUT2D eigenvalue weighted by molar-refractivity contribution is 0.122. The van der Waals surface area contributed by atoms with E-state index in [1.165, 1.54) is 11.1 Å². The van der Waals surface area contributed by atoms with Crippen molar-refractivity contribution in [1.82, 2.24) is 9.80 Å². The molecule has 0 bridgehead atoms. The molecule has 4 aromatic carbocycles. The third-order valence-corrected chi connectivity index (χ3v) is 8.18. The molecule has 0 amide bonds. The number of piperazine rings is 1. The third kappa shape index (κ3) is 6.87. The lowest BCUT2D eigenvalue weighted by Gasteiger charge is -2.34. The van der Waals surface area contributed by atoms with Gasteiger partial charge in [-0.3, -0.25) is 9.80 Å². The molecule has 1 aliphatic heterocycles. The van der Waals surface area contributed by atoms with Crippen LogP contribution >= 0.6 is 0 Å². The van der Waals surface area contributed by atoms with Crippen molar-refractivity contribution < 1.29 is 28.4 Å². The van der Waals surface area contributed by atoms with Crippen LogP contribution < -0.4 is 28.4 Å². The van der Waals surface area contributed by atoms with E-state index in [0.717, 1.165) is 61.5 Å². The highest BCUT2D eigenvalue weighted by molar-refractivity contribution is 5.72. The monoisotopic (exact) mass is 598 g/mol. The highest BCUT2D eigenvalue weighted by atomic mass is 16.5. The van der Waals surface area contributed by atoms with Crippen LogP contribution in [0.25, 0.3) is 22.3 Å². The van der Waals surface area contributed by atoms with E-state index in [4.69, 9.17) is 28.4 Å². The first-order valence-corrected chi connectivity index (χ1v) is 14.7. The van der Waals surface area contributed by atoms with E-state index in [1.807, 2.05) is 24.3 Å². The minimum atomic E-state index is 0.599. The molecule has 8 heteroatoms. The Bertz CT molecular complexity index is 1360. The van der Waals surface area contributed by atoms with Crippen LogP contribution in [0.5, 0.6) is 34.5 Å². The van der Waals surface area contributed by atoms with Gasteiger partial charge in [0.15, 0.2) is 23.0 Å². The maximum absolute atomic E-state index is 5.53. The van der Waals surface area contributed by atoms with Gasteiger partial charge in [-0.2, -0.15) is 0 Å². The summed E-state index contributed by atoms with van der Waals surface area (Å²) >= 11 is 0. The Kier molecular flexibility index (Phi) is 10.1. The molecule has 1 aliphatic rings. The summed E-state index contributed by atoms with van der Waals surface area (Å²) in [6.45, 7) is 6.03. The summed E-state index contributed by atoms with van der Waals surface area (Å²) in [6, 6.07) is 25.4. The summed E-state index contributed by atoms with van der Waals surface area (Å²) in [4.78, 5) is 5.05. The molecule has 232 valence electrons. The quantitative estimate of drug-likeness (QED) is 0.186. The van der Waals surface area contributed by atoms with E-state index in [-0.39, 0.29) is 0 Å². The molecule has 1 fully saturated rings. The molecule has 0 unspecified atom stereocenters. The van der Waals surface area contributed by atoms with E-state index in [0.29, 0.717) is 34.5 Å². The van der Waals surface area contributed by atoms with E-state index >= 15 is 0 Å². The van der Waals surface area contributed by atoms with Gasteiger partial charge in [-0.1, -0.05) is 48.5 Å². The fourth-order valence-electron chi connectivity index (χ4n) is 5.72. The summed E-state index contributed by atoms with van der Waals surface area (Å²) in [7, 11) is 9.79. The van der Waals surface area contributed by atoms with Gasteiger partial charge in [-0.25, -0.2) is 0 Å². The Morgan fingerprint density at radius 1 is 0.409 bits per heavy atom. The van der Waals surface area contributed by atoms with Crippen LogP contribution in [0.4, 0.5) is 0 Å². The first-order chi connectivity index (χ1) is 21.5. The van der Waals surface area contributed by atoms with Crippen molar-refractivity contribution >= 4 is 0 Å². The van der Waals surface area contributed by atoms with Crippen molar-refractivity contribution in [2.24, 2.45) is 0 Å². The zero-order valence-electron chi connectivity index (χ0n) is 26.5. The summed E-state index contributed by atoms with van der Waals surface area (Å²) in [5.74, 6) is 3.80. The fraction of sp³-hybridized carbons (Fsp3) is 0.333. The molecule has 0 atom stereocenters. The predicted octanol–water partition coefficient (Wildman–Crippen LogP) is 6.39. The van der Waals surface area contributed by atoms with E-state index in [2.05, 4.69) is 58.3 Å². The predicted molar refractivity (Wildman–Crippen MR) is 174 cm³/mol. The SMILES string of the molecule is COc1cc(-c2ccc(CN3CCN(Cc4ccc(-c5cc(OC)c(OC)c(OC)c5)cc4)CC3)cc2)cc(OC)c1OC. The van der Waals surface area contributed by atoms with Gasteiger partial charge in [0.25, 0.3) is 0 Å². The number of methoxy groups -OCH3 is 6. The van der Waals surface area contributed by atoms with Crippen LogP contribution in [-0.2, 0) is 13.1 Å². The van der Waals surface area contributed by atoms with Gasteiger partial charge in [0.05, 0.1) is 42.7 Å². The van der Waals surface area contributed by atoms with Gasteiger partial charge in [0.1, 0.15) is 0 Å². The Hall–Kier alpha value is -4.40. The Morgan fingerprint density at radius 3 is 0.955 bits per heavy atom. The molecular weight excluding hydrogens is 556 g/mol. The number of benzene rings is 4. The van der Waals surface area contributed by atoms with Gasteiger partial charge >= 0.3 is 0 Å². The molecule has 0 N–H and O–H groups in total. The molecule has 0 aromatic heterocycles. The maximum Gasteiger partial charge on any atom is 0.203 e. The van der Waals surface area contributed by atoms with E-state index in [9.17, 15) is 0 Å². The van der Waals surface area contributed by atoms with Crippen molar-refractivity contribution in [1.29, 1.82) is 0 Å². The maximum atomic E-state index is 5.53. The zero-order valence-corrected chi connectivity index (χ0v) is 26.5. The highest BCUT2D eigenvalue weighted by Gasteiger charge is 2.19. The van der Waals surface area contributed by atoms with Crippen molar-refractivity contribution in [2.45, 2.75) is 13.1 Å². The summed E-state index contributed by atoms with van der Waals surface area (Å²) in [5, 5.41) is 0. The minimum absolute atomic E-state index is 0.599. The van der Waals surface area contributed by atoms with Gasteiger partial charge in [-0.05, 0) is 57.6 Å². The lowest BCUT2D eigenvalue weighted by Crippen LogP contribution is -2.45. The second-order valence-electron chi connectivity index (χ2n) is 10.8. The van der Waals surface area contributed by atoms with Crippen LogP contribution in [0, 0.1) is 0 Å². The molecule has 4 aromatic rings. The van der Waals surface area contributed by atoms with Gasteiger partial charge in [0, 0.05) is 39.3 Å². The van der Waals surface area contributed by atoms with Crippen molar-refractivity contribution in [3.05, 3.63) is 83.9 Å². The minimum Gasteiger partial charge on any atom is -0.493 e. The fourth-order valence-corrected chi connectivity index (χ4v) is 5.72. The smallest absolute Gasteiger partial charge is 0.203 e.